The van der Waals surface area contributed by atoms with E-state index in [9.17, 15) is 9.59 Å². The number of nitrogens with one attached hydrogen (secondary N) is 1. The van der Waals surface area contributed by atoms with Gasteiger partial charge < -0.3 is 10.2 Å². The molecule has 1 rings (SSSR count). The predicted molar refractivity (Wildman–Crippen MR) is 80.2 cm³/mol. The number of carbonyl (C=O) groups excluding carboxylic acids is 2. The number of amides is 2. The van der Waals surface area contributed by atoms with Gasteiger partial charge in [0.05, 0.1) is 0 Å². The van der Waals surface area contributed by atoms with Crippen molar-refractivity contribution < 1.29 is 9.59 Å². The van der Waals surface area contributed by atoms with E-state index in [1.54, 1.807) is 0 Å². The van der Waals surface area contributed by atoms with Crippen LogP contribution in [0.2, 0.25) is 0 Å². The summed E-state index contributed by atoms with van der Waals surface area (Å²) in [6.45, 7) is 6.05. The molecule has 0 radical (unpaired) electrons. The Morgan fingerprint density at radius 2 is 2.05 bits per heavy atom. The van der Waals surface area contributed by atoms with Crippen molar-refractivity contribution in [3.63, 3.8) is 0 Å². The summed E-state index contributed by atoms with van der Waals surface area (Å²) in [7, 11) is 0. The van der Waals surface area contributed by atoms with Gasteiger partial charge in [0.15, 0.2) is 0 Å². The number of nitrogens with zero attached hydrogens (tertiary/aromatic N) is 1. The average Bonchev–Trinajstić information content (AvgIpc) is 2.34. The van der Waals surface area contributed by atoms with Gasteiger partial charge in [0.25, 0.3) is 0 Å². The Bertz CT molecular complexity index is 475. The van der Waals surface area contributed by atoms with Crippen LogP contribution in [-0.2, 0) is 9.59 Å². The minimum atomic E-state index is -0.142. The van der Waals surface area contributed by atoms with E-state index >= 15 is 0 Å². The molecule has 0 atom stereocenters. The second kappa shape index (κ2) is 7.28. The third-order valence-corrected chi connectivity index (χ3v) is 3.20. The van der Waals surface area contributed by atoms with Crippen LogP contribution in [-0.4, -0.2) is 24.9 Å². The number of benzene rings is 1. The largest absolute Gasteiger partial charge is 0.355 e. The Kier molecular flexibility index (Phi) is 6.02. The highest BCUT2D eigenvalue weighted by molar-refractivity contribution is 9.10. The van der Waals surface area contributed by atoms with Crippen LogP contribution < -0.4 is 10.2 Å². The van der Waals surface area contributed by atoms with E-state index in [1.165, 1.54) is 11.8 Å². The van der Waals surface area contributed by atoms with Gasteiger partial charge >= 0.3 is 0 Å². The van der Waals surface area contributed by atoms with E-state index in [4.69, 9.17) is 0 Å². The van der Waals surface area contributed by atoms with Crippen molar-refractivity contribution >= 4 is 33.4 Å². The SMILES string of the molecule is CCCNC(=O)CN(C(C)=O)c1ccc(Br)cc1C. The van der Waals surface area contributed by atoms with E-state index in [0.29, 0.717) is 6.54 Å². The molecule has 0 spiro atoms. The molecule has 0 bridgehead atoms. The van der Waals surface area contributed by atoms with Crippen LogP contribution >= 0.6 is 15.9 Å². The zero-order valence-corrected chi connectivity index (χ0v) is 13.1. The standard InChI is InChI=1S/C14H19BrN2O2/c1-4-7-16-14(19)9-17(11(3)18)13-6-5-12(15)8-10(13)2/h5-6,8H,4,7,9H2,1-3H3,(H,16,19). The summed E-state index contributed by atoms with van der Waals surface area (Å²) in [6, 6.07) is 5.63. The number of halogens is 1. The van der Waals surface area contributed by atoms with Gasteiger partial charge in [-0.15, -0.1) is 0 Å². The summed E-state index contributed by atoms with van der Waals surface area (Å²) in [5.74, 6) is -0.281. The van der Waals surface area contributed by atoms with E-state index in [0.717, 1.165) is 22.1 Å². The first-order chi connectivity index (χ1) is 8.95. The van der Waals surface area contributed by atoms with Gasteiger partial charge in [-0.25, -0.2) is 0 Å². The van der Waals surface area contributed by atoms with Crippen molar-refractivity contribution in [2.75, 3.05) is 18.0 Å². The molecule has 1 aromatic carbocycles. The molecule has 0 saturated carbocycles. The van der Waals surface area contributed by atoms with E-state index in [2.05, 4.69) is 21.2 Å². The maximum atomic E-state index is 11.8. The van der Waals surface area contributed by atoms with Crippen LogP contribution in [0.3, 0.4) is 0 Å². The average molecular weight is 327 g/mol. The number of aryl methyl sites for hydroxylation is 1. The molecule has 0 unspecified atom stereocenters. The maximum absolute atomic E-state index is 11.8. The fourth-order valence-electron chi connectivity index (χ4n) is 1.75. The highest BCUT2D eigenvalue weighted by Gasteiger charge is 2.17. The Morgan fingerprint density at radius 3 is 2.58 bits per heavy atom. The molecule has 4 nitrogen and oxygen atoms in total. The fraction of sp³-hybridized carbons (Fsp3) is 0.429. The monoisotopic (exact) mass is 326 g/mol. The lowest BCUT2D eigenvalue weighted by Crippen LogP contribution is -2.40. The third kappa shape index (κ3) is 4.67. The second-order valence-corrected chi connectivity index (χ2v) is 5.30. The van der Waals surface area contributed by atoms with Gasteiger partial charge in [-0.1, -0.05) is 22.9 Å². The number of hydrogen-bond donors (Lipinski definition) is 1. The van der Waals surface area contributed by atoms with Gasteiger partial charge in [0, 0.05) is 23.6 Å². The summed E-state index contributed by atoms with van der Waals surface area (Å²) >= 11 is 3.38. The van der Waals surface area contributed by atoms with Crippen LogP contribution in [0, 0.1) is 6.92 Å². The van der Waals surface area contributed by atoms with Crippen LogP contribution in [0.15, 0.2) is 22.7 Å². The maximum Gasteiger partial charge on any atom is 0.240 e. The van der Waals surface area contributed by atoms with Gasteiger partial charge in [-0.3, -0.25) is 9.59 Å². The predicted octanol–water partition coefficient (Wildman–Crippen LogP) is 2.64. The van der Waals surface area contributed by atoms with Crippen molar-refractivity contribution in [2.45, 2.75) is 27.2 Å². The van der Waals surface area contributed by atoms with Crippen molar-refractivity contribution in [1.82, 2.24) is 5.32 Å². The molecule has 19 heavy (non-hydrogen) atoms. The van der Waals surface area contributed by atoms with E-state index in [-0.39, 0.29) is 18.4 Å². The summed E-state index contributed by atoms with van der Waals surface area (Å²) in [6.07, 6.45) is 0.878. The number of hydrogen-bond acceptors (Lipinski definition) is 2. The molecule has 5 heteroatoms. The lowest BCUT2D eigenvalue weighted by atomic mass is 10.2. The van der Waals surface area contributed by atoms with Gasteiger partial charge in [0.2, 0.25) is 11.8 Å². The summed E-state index contributed by atoms with van der Waals surface area (Å²) in [5, 5.41) is 2.78. The Hall–Kier alpha value is -1.36. The lowest BCUT2D eigenvalue weighted by Gasteiger charge is -2.22. The van der Waals surface area contributed by atoms with Crippen molar-refractivity contribution in [2.24, 2.45) is 0 Å². The van der Waals surface area contributed by atoms with Crippen molar-refractivity contribution in [1.29, 1.82) is 0 Å². The van der Waals surface area contributed by atoms with Crippen LogP contribution in [0.25, 0.3) is 0 Å². The molecule has 0 saturated heterocycles. The van der Waals surface area contributed by atoms with Gasteiger partial charge in [-0.2, -0.15) is 0 Å². The van der Waals surface area contributed by atoms with Crippen molar-refractivity contribution in [3.8, 4) is 0 Å². The summed E-state index contributed by atoms with van der Waals surface area (Å²) in [5.41, 5.74) is 1.72. The van der Waals surface area contributed by atoms with Crippen molar-refractivity contribution in [3.05, 3.63) is 28.2 Å². The first-order valence-corrected chi connectivity index (χ1v) is 7.06. The van der Waals surface area contributed by atoms with Crippen LogP contribution in [0.1, 0.15) is 25.8 Å². The molecule has 0 fully saturated rings. The molecule has 0 aliphatic carbocycles. The minimum absolute atomic E-state index is 0.0534. The zero-order chi connectivity index (χ0) is 14.4. The molecular formula is C14H19BrN2O2. The second-order valence-electron chi connectivity index (χ2n) is 4.39. The number of carbonyl (C=O) groups is 2. The zero-order valence-electron chi connectivity index (χ0n) is 11.5. The number of anilines is 1. The molecular weight excluding hydrogens is 308 g/mol. The molecule has 1 N–H and O–H groups in total. The highest BCUT2D eigenvalue weighted by Crippen LogP contribution is 2.23. The number of rotatable bonds is 5. The first-order valence-electron chi connectivity index (χ1n) is 6.26. The quantitative estimate of drug-likeness (QED) is 0.904. The molecule has 0 aliphatic rings. The fourth-order valence-corrected chi connectivity index (χ4v) is 2.23. The van der Waals surface area contributed by atoms with Gasteiger partial charge in [0.1, 0.15) is 6.54 Å². The smallest absolute Gasteiger partial charge is 0.240 e. The van der Waals surface area contributed by atoms with Crippen LogP contribution in [0.4, 0.5) is 5.69 Å². The Labute approximate surface area is 122 Å². The summed E-state index contributed by atoms with van der Waals surface area (Å²) in [4.78, 5) is 25.0. The normalized spacial score (nSPS) is 10.1. The molecule has 104 valence electrons. The van der Waals surface area contributed by atoms with Gasteiger partial charge in [-0.05, 0) is 37.1 Å². The first kappa shape index (κ1) is 15.7. The molecule has 0 heterocycles. The third-order valence-electron chi connectivity index (χ3n) is 2.70. The molecule has 1 aromatic rings. The Morgan fingerprint density at radius 1 is 1.37 bits per heavy atom. The highest BCUT2D eigenvalue weighted by atomic mass is 79.9. The Balaban J connectivity index is 2.88. The topological polar surface area (TPSA) is 49.4 Å². The van der Waals surface area contributed by atoms with E-state index < -0.39 is 0 Å². The molecule has 2 amide bonds. The van der Waals surface area contributed by atoms with Crippen LogP contribution in [0.5, 0.6) is 0 Å². The summed E-state index contributed by atoms with van der Waals surface area (Å²) < 4.78 is 0.952. The lowest BCUT2D eigenvalue weighted by molar-refractivity contribution is -0.123. The molecule has 0 aliphatic heterocycles. The molecule has 0 aromatic heterocycles. The van der Waals surface area contributed by atoms with E-state index in [1.807, 2.05) is 32.0 Å². The minimum Gasteiger partial charge on any atom is -0.355 e.